The molecule has 2 aromatic rings. The second kappa shape index (κ2) is 11.2. The second-order valence-corrected chi connectivity index (χ2v) is 9.33. The molecular formula is C25H31F3N6O2. The summed E-state index contributed by atoms with van der Waals surface area (Å²) < 4.78 is 38.6. The molecule has 2 saturated heterocycles. The normalized spacial score (nSPS) is 18.9. The number of nitrogen functional groups attached to an aromatic ring is 1. The van der Waals surface area contributed by atoms with Gasteiger partial charge >= 0.3 is 6.18 Å². The number of carbonyl (C=O) groups is 1. The molecule has 194 valence electrons. The maximum absolute atomic E-state index is 13.2. The van der Waals surface area contributed by atoms with Crippen molar-refractivity contribution in [2.45, 2.75) is 38.4 Å². The molecule has 2 N–H and O–H groups in total. The first kappa shape index (κ1) is 25.9. The van der Waals surface area contributed by atoms with Crippen molar-refractivity contribution in [2.75, 3.05) is 39.0 Å². The molecule has 2 aliphatic heterocycles. The predicted molar refractivity (Wildman–Crippen MR) is 129 cm³/mol. The molecule has 8 nitrogen and oxygen atoms in total. The number of nitrogens with zero attached hydrogens (tertiary/aromatic N) is 5. The number of piperidine rings is 2. The number of hydrogen-bond donors (Lipinski definition) is 1. The number of aromatic nitrogens is 2. The van der Waals surface area contributed by atoms with Crippen LogP contribution in [0.2, 0.25) is 0 Å². The van der Waals surface area contributed by atoms with E-state index in [0.717, 1.165) is 44.1 Å². The van der Waals surface area contributed by atoms with Gasteiger partial charge in [0.25, 0.3) is 0 Å². The van der Waals surface area contributed by atoms with E-state index in [4.69, 9.17) is 10.6 Å². The van der Waals surface area contributed by atoms with E-state index in [1.165, 1.54) is 19.4 Å². The van der Waals surface area contributed by atoms with Crippen molar-refractivity contribution in [2.24, 2.45) is 17.0 Å². The molecule has 0 aromatic carbocycles. The van der Waals surface area contributed by atoms with Crippen LogP contribution >= 0.6 is 0 Å². The number of pyridine rings is 2. The molecule has 0 atom stereocenters. The number of amides is 1. The van der Waals surface area contributed by atoms with Crippen molar-refractivity contribution in [3.63, 3.8) is 0 Å². The minimum atomic E-state index is -4.49. The highest BCUT2D eigenvalue weighted by atomic mass is 19.4. The topological polar surface area (TPSA) is 96.9 Å². The fraction of sp³-hybridized carbons (Fsp3) is 0.520. The number of nitrogens with two attached hydrogens (primary N) is 1. The summed E-state index contributed by atoms with van der Waals surface area (Å²) in [6.07, 6.45) is 1.36. The van der Waals surface area contributed by atoms with E-state index in [1.54, 1.807) is 6.20 Å². The van der Waals surface area contributed by atoms with Crippen LogP contribution in [-0.2, 0) is 22.4 Å². The summed E-state index contributed by atoms with van der Waals surface area (Å²) in [4.78, 5) is 30.0. The third kappa shape index (κ3) is 6.31. The van der Waals surface area contributed by atoms with E-state index in [-0.39, 0.29) is 17.7 Å². The lowest BCUT2D eigenvalue weighted by Gasteiger charge is -2.37. The zero-order valence-electron chi connectivity index (χ0n) is 20.2. The average molecular weight is 505 g/mol. The lowest BCUT2D eigenvalue weighted by atomic mass is 9.87. The van der Waals surface area contributed by atoms with Crippen molar-refractivity contribution in [3.8, 4) is 0 Å². The molecule has 0 bridgehead atoms. The molecule has 36 heavy (non-hydrogen) atoms. The quantitative estimate of drug-likeness (QED) is 0.477. The van der Waals surface area contributed by atoms with Crippen LogP contribution in [0.4, 0.5) is 19.0 Å². The lowest BCUT2D eigenvalue weighted by molar-refractivity contribution is -0.141. The van der Waals surface area contributed by atoms with Gasteiger partial charge in [-0.1, -0.05) is 5.16 Å². The van der Waals surface area contributed by atoms with Crippen LogP contribution in [0, 0.1) is 11.8 Å². The maximum atomic E-state index is 13.2. The molecule has 4 rings (SSSR count). The highest BCUT2D eigenvalue weighted by molar-refractivity contribution is 6.01. The Morgan fingerprint density at radius 1 is 1.08 bits per heavy atom. The smallest absolute Gasteiger partial charge is 0.399 e. The molecule has 2 aliphatic rings. The Morgan fingerprint density at radius 3 is 2.36 bits per heavy atom. The molecule has 0 saturated carbocycles. The molecule has 0 radical (unpaired) electrons. The van der Waals surface area contributed by atoms with E-state index in [9.17, 15) is 18.0 Å². The van der Waals surface area contributed by atoms with Gasteiger partial charge in [0, 0.05) is 49.4 Å². The second-order valence-electron chi connectivity index (χ2n) is 9.33. The van der Waals surface area contributed by atoms with Crippen LogP contribution in [0.3, 0.4) is 0 Å². The van der Waals surface area contributed by atoms with Crippen LogP contribution in [0.5, 0.6) is 0 Å². The summed E-state index contributed by atoms with van der Waals surface area (Å²) in [7, 11) is 1.41. The van der Waals surface area contributed by atoms with Gasteiger partial charge in [-0.2, -0.15) is 13.2 Å². The Labute approximate surface area is 208 Å². The Balaban J connectivity index is 1.29. The van der Waals surface area contributed by atoms with Crippen molar-refractivity contribution >= 4 is 17.4 Å². The number of rotatable bonds is 6. The van der Waals surface area contributed by atoms with Gasteiger partial charge in [0.05, 0.1) is 5.71 Å². The van der Waals surface area contributed by atoms with Gasteiger partial charge in [-0.25, -0.2) is 4.98 Å². The van der Waals surface area contributed by atoms with Crippen LogP contribution in [0.15, 0.2) is 41.8 Å². The third-order valence-electron chi connectivity index (χ3n) is 6.92. The molecule has 11 heteroatoms. The summed E-state index contributed by atoms with van der Waals surface area (Å²) >= 11 is 0. The minimum absolute atomic E-state index is 0.00605. The van der Waals surface area contributed by atoms with E-state index in [1.807, 2.05) is 17.0 Å². The Bertz CT molecular complexity index is 1060. The first-order chi connectivity index (χ1) is 17.2. The average Bonchev–Trinajstić information content (AvgIpc) is 2.87. The van der Waals surface area contributed by atoms with E-state index >= 15 is 0 Å². The van der Waals surface area contributed by atoms with Gasteiger partial charge in [-0.05, 0) is 68.6 Å². The van der Waals surface area contributed by atoms with Gasteiger partial charge < -0.3 is 15.5 Å². The van der Waals surface area contributed by atoms with Crippen molar-refractivity contribution in [1.29, 1.82) is 0 Å². The molecule has 0 aliphatic carbocycles. The number of oxime groups is 1. The number of hydrogen-bond acceptors (Lipinski definition) is 7. The molecule has 2 fully saturated rings. The number of halogens is 3. The highest BCUT2D eigenvalue weighted by Gasteiger charge is 2.34. The molecule has 0 unspecified atom stereocenters. The zero-order chi connectivity index (χ0) is 25.7. The van der Waals surface area contributed by atoms with Gasteiger partial charge in [-0.15, -0.1) is 0 Å². The lowest BCUT2D eigenvalue weighted by Crippen LogP contribution is -2.46. The Kier molecular flexibility index (Phi) is 8.07. The number of likely N-dealkylation sites (tertiary alicyclic amines) is 2. The largest absolute Gasteiger partial charge is 0.433 e. The van der Waals surface area contributed by atoms with Gasteiger partial charge in [0.1, 0.15) is 18.6 Å². The predicted octanol–water partition coefficient (Wildman–Crippen LogP) is 3.58. The third-order valence-corrected chi connectivity index (χ3v) is 6.92. The van der Waals surface area contributed by atoms with Crippen LogP contribution < -0.4 is 5.73 Å². The molecule has 1 amide bonds. The first-order valence-electron chi connectivity index (χ1n) is 12.1. The van der Waals surface area contributed by atoms with E-state index in [2.05, 4.69) is 20.0 Å². The van der Waals surface area contributed by atoms with Crippen LogP contribution in [0.25, 0.3) is 0 Å². The summed E-state index contributed by atoms with van der Waals surface area (Å²) in [5, 5.41) is 4.09. The maximum Gasteiger partial charge on any atom is 0.433 e. The van der Waals surface area contributed by atoms with E-state index < -0.39 is 11.9 Å². The van der Waals surface area contributed by atoms with Crippen LogP contribution in [-0.4, -0.2) is 64.7 Å². The number of carbonyl (C=O) groups excluding carboxylic acids is 1. The summed E-state index contributed by atoms with van der Waals surface area (Å²) in [5.41, 5.74) is 7.01. The van der Waals surface area contributed by atoms with E-state index in [0.29, 0.717) is 43.0 Å². The number of anilines is 1. The van der Waals surface area contributed by atoms with Crippen molar-refractivity contribution in [3.05, 3.63) is 53.5 Å². The van der Waals surface area contributed by atoms with Gasteiger partial charge in [-0.3, -0.25) is 14.7 Å². The monoisotopic (exact) mass is 504 g/mol. The van der Waals surface area contributed by atoms with Gasteiger partial charge in [0.2, 0.25) is 5.91 Å². The fourth-order valence-corrected chi connectivity index (χ4v) is 4.99. The summed E-state index contributed by atoms with van der Waals surface area (Å²) in [6, 6.07) is 6.16. The standard InChI is InChI=1S/C25H31F3N6O2/c1-36-32-23(20-2-3-21(31-15-20)25(26,27)28)18-7-12-34(13-8-18)24(35)19-5-10-33(11-6-19)16-17-4-9-30-22(29)14-17/h2-4,9,14-15,18-19H,5-8,10-13,16H2,1H3,(H2,29,30). The number of alkyl halides is 3. The van der Waals surface area contributed by atoms with Gasteiger partial charge in [0.15, 0.2) is 0 Å². The highest BCUT2D eigenvalue weighted by Crippen LogP contribution is 2.29. The first-order valence-corrected chi connectivity index (χ1v) is 12.1. The SMILES string of the molecule is CON=C(c1ccc(C(F)(F)F)nc1)C1CCN(C(=O)C2CCN(Cc3ccnc(N)c3)CC2)CC1. The fourth-order valence-electron chi connectivity index (χ4n) is 4.99. The van der Waals surface area contributed by atoms with Crippen LogP contribution in [0.1, 0.15) is 42.5 Å². The minimum Gasteiger partial charge on any atom is -0.399 e. The summed E-state index contributed by atoms with van der Waals surface area (Å²) in [6.45, 7) is 3.65. The molecular weight excluding hydrogens is 473 g/mol. The Morgan fingerprint density at radius 2 is 1.78 bits per heavy atom. The molecule has 2 aromatic heterocycles. The Hall–Kier alpha value is -3.21. The summed E-state index contributed by atoms with van der Waals surface area (Å²) in [5.74, 6) is 0.672. The molecule has 4 heterocycles. The molecule has 0 spiro atoms. The van der Waals surface area contributed by atoms with Crippen molar-refractivity contribution in [1.82, 2.24) is 19.8 Å². The zero-order valence-corrected chi connectivity index (χ0v) is 20.2. The van der Waals surface area contributed by atoms with Crippen molar-refractivity contribution < 1.29 is 22.8 Å².